The molecule has 0 aromatic heterocycles. The molecule has 0 bridgehead atoms. The SMILES string of the molecule is C1=CC=CC=1[Se]CCOc1c2ccccc2cc2ccccc12. The molecule has 4 rings (SSSR count). The van der Waals surface area contributed by atoms with Crippen molar-refractivity contribution < 1.29 is 4.74 Å². The van der Waals surface area contributed by atoms with Crippen LogP contribution in [0.3, 0.4) is 0 Å². The first kappa shape index (κ1) is 14.4. The summed E-state index contributed by atoms with van der Waals surface area (Å²) in [4.78, 5) is 0. The van der Waals surface area contributed by atoms with Crippen molar-refractivity contribution in [2.45, 2.75) is 5.32 Å². The Morgan fingerprint density at radius 3 is 2.26 bits per heavy atom. The van der Waals surface area contributed by atoms with Gasteiger partial charge in [0.25, 0.3) is 0 Å². The van der Waals surface area contributed by atoms with Crippen molar-refractivity contribution in [2.75, 3.05) is 6.61 Å². The molecule has 0 saturated carbocycles. The van der Waals surface area contributed by atoms with Crippen molar-refractivity contribution in [3.05, 3.63) is 83.0 Å². The molecule has 0 heterocycles. The summed E-state index contributed by atoms with van der Waals surface area (Å²) in [7, 11) is 0. The van der Waals surface area contributed by atoms with Crippen molar-refractivity contribution in [1.29, 1.82) is 0 Å². The molecule has 1 aliphatic carbocycles. The minimum atomic E-state index is 0.434. The van der Waals surface area contributed by atoms with Gasteiger partial charge in [-0.2, -0.15) is 0 Å². The fourth-order valence-electron chi connectivity index (χ4n) is 2.83. The quantitative estimate of drug-likeness (QED) is 0.265. The maximum atomic E-state index is 6.23. The molecular weight excluding hydrogens is 347 g/mol. The van der Waals surface area contributed by atoms with Crippen LogP contribution in [0.1, 0.15) is 0 Å². The Morgan fingerprint density at radius 2 is 1.61 bits per heavy atom. The van der Waals surface area contributed by atoms with Gasteiger partial charge < -0.3 is 0 Å². The minimum absolute atomic E-state index is 0.434. The first-order chi connectivity index (χ1) is 11.4. The zero-order chi connectivity index (χ0) is 15.5. The predicted molar refractivity (Wildman–Crippen MR) is 98.2 cm³/mol. The number of fused-ring (bicyclic) bond motifs is 2. The fraction of sp³-hybridized carbons (Fsp3) is 0.0952. The molecule has 0 saturated heterocycles. The van der Waals surface area contributed by atoms with E-state index in [4.69, 9.17) is 4.74 Å². The van der Waals surface area contributed by atoms with Gasteiger partial charge in [0, 0.05) is 0 Å². The summed E-state index contributed by atoms with van der Waals surface area (Å²) >= 11 is 0.434. The first-order valence-electron chi connectivity index (χ1n) is 7.71. The van der Waals surface area contributed by atoms with Crippen LogP contribution in [0.5, 0.6) is 5.75 Å². The van der Waals surface area contributed by atoms with E-state index in [0.29, 0.717) is 15.0 Å². The Bertz CT molecular complexity index is 908. The predicted octanol–water partition coefficient (Wildman–Crippen LogP) is 5.10. The topological polar surface area (TPSA) is 9.23 Å². The Labute approximate surface area is 142 Å². The average molecular weight is 363 g/mol. The molecule has 112 valence electrons. The monoisotopic (exact) mass is 364 g/mol. The molecule has 0 atom stereocenters. The van der Waals surface area contributed by atoms with Gasteiger partial charge in [-0.1, -0.05) is 0 Å². The Morgan fingerprint density at radius 1 is 0.913 bits per heavy atom. The molecule has 23 heavy (non-hydrogen) atoms. The standard InChI is InChI=1S/C21H16OSe/c1-5-11-19-16(7-1)15-17-8-2-6-12-20(17)21(19)22-13-14-23-18-9-3-4-10-18/h1-9,11-12,15H,13-14H2. The average Bonchev–Trinajstić information content (AvgIpc) is 3.11. The van der Waals surface area contributed by atoms with Crippen molar-refractivity contribution in [2.24, 2.45) is 0 Å². The summed E-state index contributed by atoms with van der Waals surface area (Å²) in [5.74, 6) is 1.01. The van der Waals surface area contributed by atoms with Crippen LogP contribution in [0.2, 0.25) is 5.32 Å². The summed E-state index contributed by atoms with van der Waals surface area (Å²) < 4.78 is 7.56. The van der Waals surface area contributed by atoms with Crippen molar-refractivity contribution in [3.8, 4) is 5.75 Å². The Balaban J connectivity index is 1.63. The molecule has 0 fully saturated rings. The second-order valence-electron chi connectivity index (χ2n) is 5.38. The van der Waals surface area contributed by atoms with Crippen LogP contribution in [-0.2, 0) is 0 Å². The summed E-state index contributed by atoms with van der Waals surface area (Å²) in [5, 5.41) is 5.91. The van der Waals surface area contributed by atoms with E-state index >= 15 is 0 Å². The molecule has 0 aliphatic heterocycles. The van der Waals surface area contributed by atoms with Crippen molar-refractivity contribution >= 4 is 36.5 Å². The van der Waals surface area contributed by atoms with Gasteiger partial charge in [0.15, 0.2) is 0 Å². The van der Waals surface area contributed by atoms with Gasteiger partial charge in [0.1, 0.15) is 0 Å². The van der Waals surface area contributed by atoms with Crippen LogP contribution in [0.4, 0.5) is 0 Å². The van der Waals surface area contributed by atoms with Crippen LogP contribution < -0.4 is 4.74 Å². The summed E-state index contributed by atoms with van der Waals surface area (Å²) in [6, 6.07) is 19.1. The number of allylic oxidation sites excluding steroid dienone is 3. The van der Waals surface area contributed by atoms with E-state index in [1.54, 1.807) is 0 Å². The van der Waals surface area contributed by atoms with Crippen molar-refractivity contribution in [3.63, 3.8) is 0 Å². The molecule has 1 nitrogen and oxygen atoms in total. The van der Waals surface area contributed by atoms with E-state index in [1.165, 1.54) is 26.0 Å². The van der Waals surface area contributed by atoms with E-state index in [1.807, 2.05) is 6.08 Å². The summed E-state index contributed by atoms with van der Waals surface area (Å²) in [5.41, 5.74) is 3.27. The molecule has 0 unspecified atom stereocenters. The molecule has 2 heteroatoms. The summed E-state index contributed by atoms with van der Waals surface area (Å²) in [6.45, 7) is 0.747. The Kier molecular flexibility index (Phi) is 4.04. The van der Waals surface area contributed by atoms with Crippen LogP contribution in [0.25, 0.3) is 21.5 Å². The normalized spacial score (nSPS) is 13.0. The molecule has 0 amide bonds. The molecule has 0 N–H and O–H groups in total. The summed E-state index contributed by atoms with van der Waals surface area (Å²) in [6.07, 6.45) is 6.18. The van der Waals surface area contributed by atoms with E-state index in [-0.39, 0.29) is 0 Å². The van der Waals surface area contributed by atoms with Crippen molar-refractivity contribution in [1.82, 2.24) is 0 Å². The number of hydrogen-bond donors (Lipinski definition) is 0. The van der Waals surface area contributed by atoms with Crippen LogP contribution in [-0.4, -0.2) is 21.6 Å². The zero-order valence-electron chi connectivity index (χ0n) is 12.7. The number of hydrogen-bond acceptors (Lipinski definition) is 1. The van der Waals surface area contributed by atoms with E-state index in [9.17, 15) is 0 Å². The molecule has 3 aromatic rings. The molecule has 3 aromatic carbocycles. The molecular formula is C21H16OSe. The third kappa shape index (κ3) is 2.98. The maximum absolute atomic E-state index is 6.23. The van der Waals surface area contributed by atoms with E-state index < -0.39 is 0 Å². The number of benzene rings is 3. The number of rotatable bonds is 5. The van der Waals surface area contributed by atoms with Gasteiger partial charge in [-0.25, -0.2) is 0 Å². The molecule has 0 radical (unpaired) electrons. The molecule has 0 spiro atoms. The van der Waals surface area contributed by atoms with Gasteiger partial charge in [-0.15, -0.1) is 0 Å². The van der Waals surface area contributed by atoms with Gasteiger partial charge in [0.2, 0.25) is 0 Å². The second-order valence-corrected chi connectivity index (χ2v) is 7.76. The number of ether oxygens (including phenoxy) is 1. The third-order valence-electron chi connectivity index (χ3n) is 3.88. The first-order valence-corrected chi connectivity index (χ1v) is 9.78. The van der Waals surface area contributed by atoms with Crippen LogP contribution in [0.15, 0.2) is 83.0 Å². The van der Waals surface area contributed by atoms with Gasteiger partial charge in [-0.3, -0.25) is 0 Å². The van der Waals surface area contributed by atoms with Gasteiger partial charge in [-0.05, 0) is 0 Å². The third-order valence-corrected chi connectivity index (χ3v) is 5.84. The van der Waals surface area contributed by atoms with E-state index in [0.717, 1.165) is 17.7 Å². The molecule has 1 aliphatic rings. The second kappa shape index (κ2) is 6.48. The van der Waals surface area contributed by atoms with Crippen LogP contribution in [0, 0.1) is 0 Å². The van der Waals surface area contributed by atoms with Crippen LogP contribution >= 0.6 is 0 Å². The van der Waals surface area contributed by atoms with E-state index in [2.05, 4.69) is 72.5 Å². The van der Waals surface area contributed by atoms with Gasteiger partial charge >= 0.3 is 142 Å². The fourth-order valence-corrected chi connectivity index (χ4v) is 4.32. The zero-order valence-corrected chi connectivity index (χ0v) is 14.4. The van der Waals surface area contributed by atoms with Gasteiger partial charge in [0.05, 0.1) is 0 Å². The Hall–Kier alpha value is -2.24.